The fraction of sp³-hybridized carbons (Fsp3) is 0.636. The van der Waals surface area contributed by atoms with E-state index >= 15 is 0 Å². The molecule has 2 fully saturated rings. The first kappa shape index (κ1) is 20.2. The van der Waals surface area contributed by atoms with Crippen molar-refractivity contribution in [1.82, 2.24) is 9.80 Å². The fourth-order valence-electron chi connectivity index (χ4n) is 4.26. The van der Waals surface area contributed by atoms with Crippen molar-refractivity contribution < 1.29 is 23.8 Å². The summed E-state index contributed by atoms with van der Waals surface area (Å²) >= 11 is 0. The number of rotatable bonds is 1. The quantitative estimate of drug-likeness (QED) is 0.673. The molecule has 3 atom stereocenters. The van der Waals surface area contributed by atoms with Crippen LogP contribution in [0.3, 0.4) is 0 Å². The molecule has 158 valence electrons. The van der Waals surface area contributed by atoms with Gasteiger partial charge in [0.25, 0.3) is 0 Å². The minimum Gasteiger partial charge on any atom is -0.459 e. The van der Waals surface area contributed by atoms with Crippen molar-refractivity contribution in [1.29, 1.82) is 0 Å². The molecule has 1 amide bonds. The van der Waals surface area contributed by atoms with Crippen molar-refractivity contribution in [3.05, 3.63) is 34.9 Å². The molecule has 7 heteroatoms. The highest BCUT2D eigenvalue weighted by Crippen LogP contribution is 2.30. The predicted molar refractivity (Wildman–Crippen MR) is 107 cm³/mol. The number of hydrogen-bond acceptors (Lipinski definition) is 6. The summed E-state index contributed by atoms with van der Waals surface area (Å²) in [5.74, 6) is -0.242. The topological polar surface area (TPSA) is 68.3 Å². The van der Waals surface area contributed by atoms with Crippen molar-refractivity contribution in [2.45, 2.75) is 58.0 Å². The molecule has 29 heavy (non-hydrogen) atoms. The third kappa shape index (κ3) is 4.41. The average Bonchev–Trinajstić information content (AvgIpc) is 2.65. The monoisotopic (exact) mass is 402 g/mol. The molecule has 3 aliphatic heterocycles. The summed E-state index contributed by atoms with van der Waals surface area (Å²) in [4.78, 5) is 28.6. The van der Waals surface area contributed by atoms with E-state index in [1.807, 2.05) is 39.8 Å². The Morgan fingerprint density at radius 3 is 2.76 bits per heavy atom. The Morgan fingerprint density at radius 1 is 1.21 bits per heavy atom. The molecule has 3 heterocycles. The summed E-state index contributed by atoms with van der Waals surface area (Å²) in [6.07, 6.45) is 0.356. The fourth-order valence-corrected chi connectivity index (χ4v) is 4.26. The van der Waals surface area contributed by atoms with Gasteiger partial charge >= 0.3 is 12.1 Å². The van der Waals surface area contributed by atoms with Crippen LogP contribution in [-0.4, -0.2) is 72.4 Å². The molecular formula is C22H30N2O5. The molecule has 0 aliphatic carbocycles. The Balaban J connectivity index is 1.40. The van der Waals surface area contributed by atoms with E-state index in [-0.39, 0.29) is 30.3 Å². The van der Waals surface area contributed by atoms with Crippen LogP contribution in [0.15, 0.2) is 18.2 Å². The number of ether oxygens (including phenoxy) is 3. The van der Waals surface area contributed by atoms with Crippen molar-refractivity contribution >= 4 is 12.1 Å². The normalized spacial score (nSPS) is 27.7. The lowest BCUT2D eigenvalue weighted by Crippen LogP contribution is -2.60. The Bertz CT molecular complexity index is 803. The summed E-state index contributed by atoms with van der Waals surface area (Å²) in [6.45, 7) is 11.0. The third-order valence-electron chi connectivity index (χ3n) is 5.68. The van der Waals surface area contributed by atoms with Gasteiger partial charge in [0.05, 0.1) is 24.3 Å². The summed E-state index contributed by atoms with van der Waals surface area (Å²) in [7, 11) is 0. The summed E-state index contributed by atoms with van der Waals surface area (Å²) in [5, 5.41) is 0. The predicted octanol–water partition coefficient (Wildman–Crippen LogP) is 2.78. The Kier molecular flexibility index (Phi) is 5.29. The van der Waals surface area contributed by atoms with Gasteiger partial charge in [0.15, 0.2) is 0 Å². The maximum atomic E-state index is 12.4. The molecule has 0 saturated carbocycles. The number of esters is 1. The van der Waals surface area contributed by atoms with Crippen LogP contribution in [0.1, 0.15) is 55.3 Å². The summed E-state index contributed by atoms with van der Waals surface area (Å²) in [6, 6.07) is 6.10. The van der Waals surface area contributed by atoms with Crippen LogP contribution in [0.25, 0.3) is 0 Å². The largest absolute Gasteiger partial charge is 0.459 e. The van der Waals surface area contributed by atoms with E-state index in [2.05, 4.69) is 11.0 Å². The van der Waals surface area contributed by atoms with Crippen molar-refractivity contribution in [2.24, 2.45) is 0 Å². The van der Waals surface area contributed by atoms with E-state index in [4.69, 9.17) is 14.2 Å². The Morgan fingerprint density at radius 2 is 2.00 bits per heavy atom. The molecule has 1 aromatic rings. The Labute approximate surface area is 171 Å². The molecule has 0 spiro atoms. The lowest BCUT2D eigenvalue weighted by molar-refractivity contribution is -0.0906. The van der Waals surface area contributed by atoms with Gasteiger partial charge in [-0.25, -0.2) is 9.59 Å². The zero-order valence-electron chi connectivity index (χ0n) is 17.6. The van der Waals surface area contributed by atoms with Crippen LogP contribution in [0.4, 0.5) is 4.79 Å². The number of carbonyl (C=O) groups excluding carboxylic acids is 2. The number of carbonyl (C=O) groups is 2. The van der Waals surface area contributed by atoms with Gasteiger partial charge in [-0.15, -0.1) is 0 Å². The van der Waals surface area contributed by atoms with E-state index in [9.17, 15) is 9.59 Å². The van der Waals surface area contributed by atoms with Crippen LogP contribution in [0, 0.1) is 0 Å². The number of morpholine rings is 1. The minimum atomic E-state index is -0.487. The standard InChI is InChI=1S/C22H30N2O5/c1-14-9-16-10-15(5-6-18(16)20(25)28-14)19-12-23-7-8-24(11-17(23)13-27-19)21(26)29-22(2,3)4/h5-6,10,14,17,19H,7-9,11-13H2,1-4H3/t14-,17-,19+/m1/s1. The van der Waals surface area contributed by atoms with E-state index in [0.717, 1.165) is 30.6 Å². The van der Waals surface area contributed by atoms with Gasteiger partial charge < -0.3 is 19.1 Å². The van der Waals surface area contributed by atoms with Gasteiger partial charge in [-0.05, 0) is 44.9 Å². The van der Waals surface area contributed by atoms with Gasteiger partial charge in [-0.3, -0.25) is 4.90 Å². The van der Waals surface area contributed by atoms with Crippen LogP contribution < -0.4 is 0 Å². The zero-order chi connectivity index (χ0) is 20.8. The lowest BCUT2D eigenvalue weighted by Gasteiger charge is -2.46. The second-order valence-corrected chi connectivity index (χ2v) is 9.23. The second-order valence-electron chi connectivity index (χ2n) is 9.23. The first-order valence-electron chi connectivity index (χ1n) is 10.4. The molecule has 0 N–H and O–H groups in total. The van der Waals surface area contributed by atoms with Gasteiger partial charge in [0.1, 0.15) is 11.7 Å². The number of amides is 1. The van der Waals surface area contributed by atoms with E-state index < -0.39 is 5.60 Å². The number of hydrogen-bond donors (Lipinski definition) is 0. The van der Waals surface area contributed by atoms with Crippen molar-refractivity contribution in [2.75, 3.05) is 32.8 Å². The molecule has 0 aromatic heterocycles. The minimum absolute atomic E-state index is 0.0297. The lowest BCUT2D eigenvalue weighted by atomic mass is 9.94. The van der Waals surface area contributed by atoms with Crippen LogP contribution >= 0.6 is 0 Å². The second kappa shape index (κ2) is 7.61. The first-order valence-corrected chi connectivity index (χ1v) is 10.4. The third-order valence-corrected chi connectivity index (χ3v) is 5.68. The number of benzene rings is 1. The maximum absolute atomic E-state index is 12.4. The molecule has 0 radical (unpaired) electrons. The van der Waals surface area contributed by atoms with Crippen LogP contribution in [0.5, 0.6) is 0 Å². The van der Waals surface area contributed by atoms with Gasteiger partial charge in [-0.1, -0.05) is 12.1 Å². The van der Waals surface area contributed by atoms with Crippen molar-refractivity contribution in [3.63, 3.8) is 0 Å². The highest BCUT2D eigenvalue weighted by molar-refractivity contribution is 5.92. The van der Waals surface area contributed by atoms with E-state index in [1.54, 1.807) is 4.90 Å². The zero-order valence-corrected chi connectivity index (χ0v) is 17.6. The molecule has 0 unspecified atom stereocenters. The smallest absolute Gasteiger partial charge is 0.410 e. The maximum Gasteiger partial charge on any atom is 0.410 e. The SMILES string of the molecule is C[C@@H]1Cc2cc([C@@H]3CN4CCN(C(=O)OC(C)(C)C)C[C@@H]4CO3)ccc2C(=O)O1. The molecule has 3 aliphatic rings. The Hall–Kier alpha value is -2.12. The molecule has 2 saturated heterocycles. The van der Waals surface area contributed by atoms with Crippen LogP contribution in [-0.2, 0) is 20.6 Å². The van der Waals surface area contributed by atoms with Crippen molar-refractivity contribution in [3.8, 4) is 0 Å². The van der Waals surface area contributed by atoms with E-state index in [0.29, 0.717) is 25.3 Å². The molecule has 1 aromatic carbocycles. The molecule has 4 rings (SSSR count). The van der Waals surface area contributed by atoms with E-state index in [1.165, 1.54) is 0 Å². The first-order chi connectivity index (χ1) is 13.7. The molecule has 0 bridgehead atoms. The highest BCUT2D eigenvalue weighted by Gasteiger charge is 2.37. The number of fused-ring (bicyclic) bond motifs is 2. The van der Waals surface area contributed by atoms with Gasteiger partial charge in [0.2, 0.25) is 0 Å². The highest BCUT2D eigenvalue weighted by atomic mass is 16.6. The average molecular weight is 402 g/mol. The number of cyclic esters (lactones) is 1. The summed E-state index contributed by atoms with van der Waals surface area (Å²) < 4.78 is 17.0. The molecule has 7 nitrogen and oxygen atoms in total. The number of nitrogens with zero attached hydrogens (tertiary/aromatic N) is 2. The van der Waals surface area contributed by atoms with Gasteiger partial charge in [0, 0.05) is 32.6 Å². The summed E-state index contributed by atoms with van der Waals surface area (Å²) in [5.41, 5.74) is 2.30. The molecular weight excluding hydrogens is 372 g/mol. The van der Waals surface area contributed by atoms with Crippen LogP contribution in [0.2, 0.25) is 0 Å². The van der Waals surface area contributed by atoms with Gasteiger partial charge in [-0.2, -0.15) is 0 Å². The number of piperazine rings is 1.